The van der Waals surface area contributed by atoms with E-state index in [1.165, 1.54) is 0 Å². The Balaban J connectivity index is 2.41. The van der Waals surface area contributed by atoms with Crippen LogP contribution in [0, 0.1) is 0 Å². The summed E-state index contributed by atoms with van der Waals surface area (Å²) in [4.78, 5) is 11.0. The largest absolute Gasteiger partial charge is 0.380 e. The molecule has 0 aliphatic carbocycles. The molecule has 4 heteroatoms. The van der Waals surface area contributed by atoms with E-state index < -0.39 is 0 Å². The second-order valence-electron chi connectivity index (χ2n) is 3.53. The minimum absolute atomic E-state index is 0.00644. The number of likely N-dealkylation sites (N-methyl/N-ethyl adjacent to an activating group) is 1. The van der Waals surface area contributed by atoms with Crippen LogP contribution >= 0.6 is 0 Å². The molecule has 1 aromatic rings. The molecule has 4 nitrogen and oxygen atoms in total. The van der Waals surface area contributed by atoms with Gasteiger partial charge in [0.05, 0.1) is 13.2 Å². The van der Waals surface area contributed by atoms with Gasteiger partial charge in [0.1, 0.15) is 0 Å². The molecule has 0 spiro atoms. The maximum atomic E-state index is 11.0. The Labute approximate surface area is 96.0 Å². The molecule has 0 bridgehead atoms. The van der Waals surface area contributed by atoms with Gasteiger partial charge in [0.2, 0.25) is 5.91 Å². The summed E-state index contributed by atoms with van der Waals surface area (Å²) in [6.07, 6.45) is 0. The first kappa shape index (κ1) is 12.7. The molecule has 0 atom stereocenters. The van der Waals surface area contributed by atoms with Gasteiger partial charge >= 0.3 is 0 Å². The van der Waals surface area contributed by atoms with Gasteiger partial charge in [0, 0.05) is 20.7 Å². The Morgan fingerprint density at radius 1 is 1.38 bits per heavy atom. The van der Waals surface area contributed by atoms with Gasteiger partial charge < -0.3 is 15.4 Å². The van der Waals surface area contributed by atoms with Crippen molar-refractivity contribution in [2.45, 2.75) is 13.2 Å². The zero-order valence-corrected chi connectivity index (χ0v) is 9.75. The highest BCUT2D eigenvalue weighted by Gasteiger charge is 1.98. The lowest BCUT2D eigenvalue weighted by atomic mass is 10.1. The fourth-order valence-electron chi connectivity index (χ4n) is 1.40. The van der Waals surface area contributed by atoms with Gasteiger partial charge in [-0.1, -0.05) is 24.3 Å². The summed E-state index contributed by atoms with van der Waals surface area (Å²) < 4.78 is 5.06. The standard InChI is InChI=1S/C12H18N2O2/c1-13-12(15)8-14-7-10-4-3-5-11(6-10)9-16-2/h3-6,14H,7-9H2,1-2H3,(H,13,15). The summed E-state index contributed by atoms with van der Waals surface area (Å²) in [6.45, 7) is 1.64. The first-order chi connectivity index (χ1) is 7.76. The molecule has 0 aliphatic rings. The van der Waals surface area contributed by atoms with Crippen molar-refractivity contribution >= 4 is 5.91 Å². The van der Waals surface area contributed by atoms with Crippen LogP contribution in [0.5, 0.6) is 0 Å². The summed E-state index contributed by atoms with van der Waals surface area (Å²) >= 11 is 0. The fourth-order valence-corrected chi connectivity index (χ4v) is 1.40. The van der Waals surface area contributed by atoms with Crippen LogP contribution in [0.3, 0.4) is 0 Å². The third-order valence-electron chi connectivity index (χ3n) is 2.20. The van der Waals surface area contributed by atoms with Crippen molar-refractivity contribution in [2.24, 2.45) is 0 Å². The molecule has 0 aliphatic heterocycles. The van der Waals surface area contributed by atoms with Gasteiger partial charge in [-0.3, -0.25) is 4.79 Å². The highest BCUT2D eigenvalue weighted by molar-refractivity contribution is 5.77. The summed E-state index contributed by atoms with van der Waals surface area (Å²) in [5, 5.41) is 5.63. The molecular weight excluding hydrogens is 204 g/mol. The summed E-state index contributed by atoms with van der Waals surface area (Å²) in [5.41, 5.74) is 2.29. The molecule has 1 amide bonds. The van der Waals surface area contributed by atoms with Crippen molar-refractivity contribution in [3.05, 3.63) is 35.4 Å². The first-order valence-corrected chi connectivity index (χ1v) is 5.24. The van der Waals surface area contributed by atoms with E-state index in [0.29, 0.717) is 19.7 Å². The minimum Gasteiger partial charge on any atom is -0.380 e. The number of rotatable bonds is 6. The van der Waals surface area contributed by atoms with Crippen molar-refractivity contribution in [1.82, 2.24) is 10.6 Å². The summed E-state index contributed by atoms with van der Waals surface area (Å²) in [7, 11) is 3.31. The molecule has 0 radical (unpaired) electrons. The normalized spacial score (nSPS) is 10.1. The van der Waals surface area contributed by atoms with Crippen LogP contribution in [-0.4, -0.2) is 26.6 Å². The Morgan fingerprint density at radius 2 is 2.12 bits per heavy atom. The van der Waals surface area contributed by atoms with Crippen LogP contribution in [0.2, 0.25) is 0 Å². The van der Waals surface area contributed by atoms with Crippen LogP contribution in [0.15, 0.2) is 24.3 Å². The van der Waals surface area contributed by atoms with Crippen molar-refractivity contribution in [1.29, 1.82) is 0 Å². The molecule has 0 heterocycles. The Morgan fingerprint density at radius 3 is 2.81 bits per heavy atom. The van der Waals surface area contributed by atoms with E-state index in [1.54, 1.807) is 14.2 Å². The SMILES string of the molecule is CNC(=O)CNCc1cccc(COC)c1. The Bertz CT molecular complexity index is 340. The third kappa shape index (κ3) is 4.42. The predicted molar refractivity (Wildman–Crippen MR) is 62.9 cm³/mol. The van der Waals surface area contributed by atoms with Gasteiger partial charge in [-0.05, 0) is 11.1 Å². The quantitative estimate of drug-likeness (QED) is 0.743. The Kier molecular flexibility index (Phi) is 5.53. The topological polar surface area (TPSA) is 50.4 Å². The van der Waals surface area contributed by atoms with E-state index in [0.717, 1.165) is 11.1 Å². The highest BCUT2D eigenvalue weighted by Crippen LogP contribution is 2.05. The number of nitrogens with one attached hydrogen (secondary N) is 2. The van der Waals surface area contributed by atoms with Crippen LogP contribution in [0.4, 0.5) is 0 Å². The number of benzene rings is 1. The van der Waals surface area contributed by atoms with Crippen LogP contribution in [0.1, 0.15) is 11.1 Å². The van der Waals surface area contributed by atoms with Crippen molar-refractivity contribution in [3.8, 4) is 0 Å². The number of methoxy groups -OCH3 is 1. The third-order valence-corrected chi connectivity index (χ3v) is 2.20. The lowest BCUT2D eigenvalue weighted by Gasteiger charge is -2.06. The second-order valence-corrected chi connectivity index (χ2v) is 3.53. The number of ether oxygens (including phenoxy) is 1. The van der Waals surface area contributed by atoms with E-state index >= 15 is 0 Å². The zero-order chi connectivity index (χ0) is 11.8. The van der Waals surface area contributed by atoms with E-state index in [9.17, 15) is 4.79 Å². The number of carbonyl (C=O) groups is 1. The second kappa shape index (κ2) is 6.98. The van der Waals surface area contributed by atoms with Gasteiger partial charge in [0.25, 0.3) is 0 Å². The lowest BCUT2D eigenvalue weighted by molar-refractivity contribution is -0.119. The van der Waals surface area contributed by atoms with Crippen LogP contribution in [-0.2, 0) is 22.7 Å². The molecule has 0 unspecified atom stereocenters. The van der Waals surface area contributed by atoms with Crippen LogP contribution < -0.4 is 10.6 Å². The van der Waals surface area contributed by atoms with Gasteiger partial charge in [-0.15, -0.1) is 0 Å². The Hall–Kier alpha value is -1.39. The average Bonchev–Trinajstić information content (AvgIpc) is 2.30. The monoisotopic (exact) mass is 222 g/mol. The van der Waals surface area contributed by atoms with Crippen molar-refractivity contribution in [3.63, 3.8) is 0 Å². The van der Waals surface area contributed by atoms with E-state index in [2.05, 4.69) is 16.7 Å². The van der Waals surface area contributed by atoms with E-state index in [1.807, 2.05) is 18.2 Å². The molecule has 0 saturated carbocycles. The smallest absolute Gasteiger partial charge is 0.233 e. The van der Waals surface area contributed by atoms with E-state index in [-0.39, 0.29) is 5.91 Å². The fraction of sp³-hybridized carbons (Fsp3) is 0.417. The molecule has 1 aromatic carbocycles. The number of hydrogen-bond donors (Lipinski definition) is 2. The minimum atomic E-state index is -0.00644. The maximum absolute atomic E-state index is 11.0. The highest BCUT2D eigenvalue weighted by atomic mass is 16.5. The van der Waals surface area contributed by atoms with Gasteiger partial charge in [-0.2, -0.15) is 0 Å². The van der Waals surface area contributed by atoms with Crippen molar-refractivity contribution < 1.29 is 9.53 Å². The molecule has 0 fully saturated rings. The molecular formula is C12H18N2O2. The predicted octanol–water partition coefficient (Wildman–Crippen LogP) is 0.669. The molecule has 1 rings (SSSR count). The number of hydrogen-bond acceptors (Lipinski definition) is 3. The molecule has 16 heavy (non-hydrogen) atoms. The van der Waals surface area contributed by atoms with Crippen molar-refractivity contribution in [2.75, 3.05) is 20.7 Å². The summed E-state index contributed by atoms with van der Waals surface area (Å²) in [5.74, 6) is -0.00644. The molecule has 0 aromatic heterocycles. The first-order valence-electron chi connectivity index (χ1n) is 5.24. The molecule has 88 valence electrons. The molecule has 0 saturated heterocycles. The average molecular weight is 222 g/mol. The molecule has 2 N–H and O–H groups in total. The lowest BCUT2D eigenvalue weighted by Crippen LogP contribution is -2.30. The van der Waals surface area contributed by atoms with E-state index in [4.69, 9.17) is 4.74 Å². The number of carbonyl (C=O) groups excluding carboxylic acids is 1. The summed E-state index contributed by atoms with van der Waals surface area (Å²) in [6, 6.07) is 8.10. The van der Waals surface area contributed by atoms with Gasteiger partial charge in [-0.25, -0.2) is 0 Å². The number of amides is 1. The van der Waals surface area contributed by atoms with Gasteiger partial charge in [0.15, 0.2) is 0 Å². The van der Waals surface area contributed by atoms with Crippen LogP contribution in [0.25, 0.3) is 0 Å². The zero-order valence-electron chi connectivity index (χ0n) is 9.75. The maximum Gasteiger partial charge on any atom is 0.233 e.